The van der Waals surface area contributed by atoms with Gasteiger partial charge in [-0.1, -0.05) is 6.07 Å². The first-order chi connectivity index (χ1) is 7.72. The summed E-state index contributed by atoms with van der Waals surface area (Å²) in [5, 5.41) is 0.552. The predicted octanol–water partition coefficient (Wildman–Crippen LogP) is 1.24. The molecule has 2 rings (SSSR count). The van der Waals surface area contributed by atoms with E-state index < -0.39 is 0 Å². The lowest BCUT2D eigenvalue weighted by Gasteiger charge is -2.05. The van der Waals surface area contributed by atoms with E-state index >= 15 is 0 Å². The zero-order chi connectivity index (χ0) is 11.5. The predicted molar refractivity (Wildman–Crippen MR) is 61.3 cm³/mol. The number of aryl methyl sites for hydroxylation is 1. The largest absolute Gasteiger partial charge is 0.383 e. The van der Waals surface area contributed by atoms with Gasteiger partial charge < -0.3 is 11.5 Å². The molecule has 0 aliphatic rings. The Morgan fingerprint density at radius 1 is 1.25 bits per heavy atom. The molecule has 0 aliphatic heterocycles. The number of nitrogens with zero attached hydrogens (tertiary/aromatic N) is 2. The number of rotatable bonds is 3. The van der Waals surface area contributed by atoms with E-state index in [-0.39, 0.29) is 11.3 Å². The fourth-order valence-electron chi connectivity index (χ4n) is 1.56. The molecule has 1 heterocycles. The summed E-state index contributed by atoms with van der Waals surface area (Å²) >= 11 is 0. The maximum atomic E-state index is 13.5. The molecule has 0 atom stereocenters. The van der Waals surface area contributed by atoms with Gasteiger partial charge in [0.1, 0.15) is 23.0 Å². The van der Waals surface area contributed by atoms with Gasteiger partial charge in [0.05, 0.1) is 0 Å². The smallest absolute Gasteiger partial charge is 0.149 e. The van der Waals surface area contributed by atoms with Gasteiger partial charge in [-0.3, -0.25) is 0 Å². The van der Waals surface area contributed by atoms with Gasteiger partial charge in [-0.15, -0.1) is 0 Å². The monoisotopic (exact) mass is 220 g/mol. The van der Waals surface area contributed by atoms with Gasteiger partial charge >= 0.3 is 0 Å². The Hall–Kier alpha value is -1.75. The molecule has 2 aromatic rings. The first-order valence-electron chi connectivity index (χ1n) is 5.13. The van der Waals surface area contributed by atoms with E-state index in [1.807, 2.05) is 0 Å². The number of nitrogen functional groups attached to an aromatic ring is 1. The van der Waals surface area contributed by atoms with E-state index in [2.05, 4.69) is 9.97 Å². The van der Waals surface area contributed by atoms with Crippen molar-refractivity contribution in [3.63, 3.8) is 0 Å². The molecule has 16 heavy (non-hydrogen) atoms. The molecule has 0 amide bonds. The van der Waals surface area contributed by atoms with Crippen LogP contribution < -0.4 is 11.5 Å². The van der Waals surface area contributed by atoms with Crippen molar-refractivity contribution in [1.29, 1.82) is 0 Å². The third kappa shape index (κ3) is 1.94. The van der Waals surface area contributed by atoms with E-state index in [9.17, 15) is 4.39 Å². The van der Waals surface area contributed by atoms with Gasteiger partial charge in [0, 0.05) is 11.8 Å². The molecule has 1 aromatic carbocycles. The first-order valence-corrected chi connectivity index (χ1v) is 5.13. The fraction of sp³-hybridized carbons (Fsp3) is 0.273. The molecular weight excluding hydrogens is 207 g/mol. The SMILES string of the molecule is NCCCc1nc(N)c2cccc(F)c2n1. The van der Waals surface area contributed by atoms with E-state index in [4.69, 9.17) is 11.5 Å². The van der Waals surface area contributed by atoms with E-state index in [1.54, 1.807) is 12.1 Å². The number of hydrogen-bond donors (Lipinski definition) is 2. The average Bonchev–Trinajstić information content (AvgIpc) is 2.28. The molecule has 1 aromatic heterocycles. The summed E-state index contributed by atoms with van der Waals surface area (Å²) in [7, 11) is 0. The maximum absolute atomic E-state index is 13.5. The van der Waals surface area contributed by atoms with Crippen LogP contribution in [0.5, 0.6) is 0 Å². The number of nitrogens with two attached hydrogens (primary N) is 2. The van der Waals surface area contributed by atoms with Crippen molar-refractivity contribution >= 4 is 16.7 Å². The van der Waals surface area contributed by atoms with Crippen LogP contribution in [0.4, 0.5) is 10.2 Å². The minimum absolute atomic E-state index is 0.280. The third-order valence-electron chi connectivity index (χ3n) is 2.36. The van der Waals surface area contributed by atoms with Crippen molar-refractivity contribution in [2.24, 2.45) is 5.73 Å². The zero-order valence-corrected chi connectivity index (χ0v) is 8.78. The molecule has 0 spiro atoms. The topological polar surface area (TPSA) is 77.8 Å². The van der Waals surface area contributed by atoms with Crippen LogP contribution in [-0.4, -0.2) is 16.5 Å². The molecular formula is C11H13FN4. The van der Waals surface area contributed by atoms with Crippen molar-refractivity contribution < 1.29 is 4.39 Å². The van der Waals surface area contributed by atoms with Gasteiger partial charge in [0.2, 0.25) is 0 Å². The summed E-state index contributed by atoms with van der Waals surface area (Å²) in [6.07, 6.45) is 1.38. The number of hydrogen-bond acceptors (Lipinski definition) is 4. The lowest BCUT2D eigenvalue weighted by atomic mass is 10.2. The highest BCUT2D eigenvalue weighted by Crippen LogP contribution is 2.20. The number of anilines is 1. The number of halogens is 1. The van der Waals surface area contributed by atoms with Gasteiger partial charge in [-0.2, -0.15) is 0 Å². The Kier molecular flexibility index (Phi) is 2.96. The molecule has 4 N–H and O–H groups in total. The average molecular weight is 220 g/mol. The quantitative estimate of drug-likeness (QED) is 0.815. The number of benzene rings is 1. The van der Waals surface area contributed by atoms with Crippen LogP contribution in [0.15, 0.2) is 18.2 Å². The van der Waals surface area contributed by atoms with Gasteiger partial charge in [-0.05, 0) is 25.1 Å². The maximum Gasteiger partial charge on any atom is 0.149 e. The van der Waals surface area contributed by atoms with Crippen molar-refractivity contribution in [1.82, 2.24) is 9.97 Å². The molecule has 0 radical (unpaired) electrons. The molecule has 0 aliphatic carbocycles. The summed E-state index contributed by atoms with van der Waals surface area (Å²) in [6, 6.07) is 4.67. The van der Waals surface area contributed by atoms with Crippen molar-refractivity contribution in [3.05, 3.63) is 29.8 Å². The molecule has 84 valence electrons. The normalized spacial score (nSPS) is 10.9. The standard InChI is InChI=1S/C11H13FN4/c12-8-4-1-3-7-10(8)15-9(5-2-6-13)16-11(7)14/h1,3-4H,2,5-6,13H2,(H2,14,15,16). The lowest BCUT2D eigenvalue weighted by Crippen LogP contribution is -2.06. The van der Waals surface area contributed by atoms with Crippen LogP contribution in [-0.2, 0) is 6.42 Å². The van der Waals surface area contributed by atoms with Gasteiger partial charge in [0.15, 0.2) is 0 Å². The van der Waals surface area contributed by atoms with Crippen molar-refractivity contribution in [3.8, 4) is 0 Å². The van der Waals surface area contributed by atoms with Crippen LogP contribution in [0, 0.1) is 5.82 Å². The van der Waals surface area contributed by atoms with Crippen LogP contribution in [0.3, 0.4) is 0 Å². The van der Waals surface area contributed by atoms with Gasteiger partial charge in [0.25, 0.3) is 0 Å². The second-order valence-corrected chi connectivity index (χ2v) is 3.55. The molecule has 5 heteroatoms. The van der Waals surface area contributed by atoms with E-state index in [0.29, 0.717) is 30.0 Å². The van der Waals surface area contributed by atoms with Crippen molar-refractivity contribution in [2.75, 3.05) is 12.3 Å². The van der Waals surface area contributed by atoms with E-state index in [0.717, 1.165) is 6.42 Å². The minimum Gasteiger partial charge on any atom is -0.383 e. The number of aromatic nitrogens is 2. The number of para-hydroxylation sites is 1. The highest BCUT2D eigenvalue weighted by Gasteiger charge is 2.08. The highest BCUT2D eigenvalue weighted by atomic mass is 19.1. The van der Waals surface area contributed by atoms with Crippen LogP contribution in [0.1, 0.15) is 12.2 Å². The highest BCUT2D eigenvalue weighted by molar-refractivity contribution is 5.88. The first kappa shape index (κ1) is 10.8. The summed E-state index contributed by atoms with van der Waals surface area (Å²) in [4.78, 5) is 8.28. The number of fused-ring (bicyclic) bond motifs is 1. The lowest BCUT2D eigenvalue weighted by molar-refractivity contribution is 0.635. The summed E-state index contributed by atoms with van der Waals surface area (Å²) in [5.74, 6) is 0.484. The van der Waals surface area contributed by atoms with Crippen LogP contribution in [0.25, 0.3) is 10.9 Å². The second-order valence-electron chi connectivity index (χ2n) is 3.55. The molecule has 0 unspecified atom stereocenters. The Morgan fingerprint density at radius 3 is 2.81 bits per heavy atom. The molecule has 0 bridgehead atoms. The Bertz CT molecular complexity index is 513. The van der Waals surface area contributed by atoms with Crippen molar-refractivity contribution in [2.45, 2.75) is 12.8 Å². The summed E-state index contributed by atoms with van der Waals surface area (Å²) in [5.41, 5.74) is 11.4. The minimum atomic E-state index is -0.374. The van der Waals surface area contributed by atoms with Gasteiger partial charge in [-0.25, -0.2) is 14.4 Å². The van der Waals surface area contributed by atoms with Crippen LogP contribution >= 0.6 is 0 Å². The van der Waals surface area contributed by atoms with Crippen LogP contribution in [0.2, 0.25) is 0 Å². The zero-order valence-electron chi connectivity index (χ0n) is 8.78. The molecule has 0 saturated heterocycles. The summed E-state index contributed by atoms with van der Waals surface area (Å²) in [6.45, 7) is 0.554. The summed E-state index contributed by atoms with van der Waals surface area (Å²) < 4.78 is 13.5. The Balaban J connectivity index is 2.52. The second kappa shape index (κ2) is 4.40. The fourth-order valence-corrected chi connectivity index (χ4v) is 1.56. The Morgan fingerprint density at radius 2 is 2.06 bits per heavy atom. The Labute approximate surface area is 92.5 Å². The van der Waals surface area contributed by atoms with E-state index in [1.165, 1.54) is 6.07 Å². The third-order valence-corrected chi connectivity index (χ3v) is 2.36. The molecule has 4 nitrogen and oxygen atoms in total. The molecule has 0 fully saturated rings. The molecule has 0 saturated carbocycles.